The molecule has 1 amide bonds. The molecule has 0 atom stereocenters. The van der Waals surface area contributed by atoms with E-state index in [0.717, 1.165) is 0 Å². The van der Waals surface area contributed by atoms with Crippen molar-refractivity contribution in [3.63, 3.8) is 0 Å². The summed E-state index contributed by atoms with van der Waals surface area (Å²) in [5, 5.41) is 4.50. The van der Waals surface area contributed by atoms with Crippen LogP contribution in [0.3, 0.4) is 0 Å². The molecule has 33 heavy (non-hydrogen) atoms. The Labute approximate surface area is 195 Å². The van der Waals surface area contributed by atoms with Gasteiger partial charge in [0.2, 0.25) is 5.75 Å². The van der Waals surface area contributed by atoms with E-state index in [4.69, 9.17) is 30.5 Å². The average molecular weight is 469 g/mol. The number of nitrogens with zero attached hydrogens (tertiary/aromatic N) is 1. The molecule has 3 rings (SSSR count). The second kappa shape index (κ2) is 11.0. The van der Waals surface area contributed by atoms with Crippen molar-refractivity contribution in [1.82, 2.24) is 5.43 Å². The van der Waals surface area contributed by atoms with E-state index in [1.807, 2.05) is 0 Å². The minimum Gasteiger partial charge on any atom is -0.493 e. The molecule has 3 aromatic rings. The van der Waals surface area contributed by atoms with Crippen molar-refractivity contribution in [2.45, 2.75) is 0 Å². The molecule has 9 heteroatoms. The van der Waals surface area contributed by atoms with E-state index in [2.05, 4.69) is 10.5 Å². The zero-order valence-corrected chi connectivity index (χ0v) is 18.9. The molecule has 0 fully saturated rings. The second-order valence-electron chi connectivity index (χ2n) is 6.58. The van der Waals surface area contributed by atoms with Crippen LogP contribution in [0, 0.1) is 0 Å². The van der Waals surface area contributed by atoms with Gasteiger partial charge in [-0.25, -0.2) is 10.2 Å². The number of hydrogen-bond acceptors (Lipinski definition) is 7. The van der Waals surface area contributed by atoms with Gasteiger partial charge in [0.1, 0.15) is 5.75 Å². The molecule has 0 aromatic heterocycles. The molecule has 0 radical (unpaired) electrons. The van der Waals surface area contributed by atoms with Crippen LogP contribution in [0.15, 0.2) is 65.8 Å². The first kappa shape index (κ1) is 23.6. The van der Waals surface area contributed by atoms with Gasteiger partial charge in [0.25, 0.3) is 5.91 Å². The number of carbonyl (C=O) groups excluding carboxylic acids is 2. The fourth-order valence-electron chi connectivity index (χ4n) is 2.82. The molecule has 170 valence electrons. The zero-order chi connectivity index (χ0) is 23.8. The lowest BCUT2D eigenvalue weighted by molar-refractivity contribution is 0.0734. The Morgan fingerprint density at radius 2 is 1.45 bits per heavy atom. The normalized spacial score (nSPS) is 10.5. The van der Waals surface area contributed by atoms with E-state index in [-0.39, 0.29) is 5.56 Å². The Kier molecular flexibility index (Phi) is 7.88. The van der Waals surface area contributed by atoms with Gasteiger partial charge in [-0.05, 0) is 66.2 Å². The molecular weight excluding hydrogens is 448 g/mol. The predicted octanol–water partition coefficient (Wildman–Crippen LogP) is 4.35. The molecule has 1 N–H and O–H groups in total. The largest absolute Gasteiger partial charge is 0.493 e. The Hall–Kier alpha value is -4.04. The van der Waals surface area contributed by atoms with Crippen molar-refractivity contribution in [2.75, 3.05) is 21.3 Å². The standard InChI is InChI=1S/C24H21ClN2O6/c1-30-20-12-17(13-21(31-2)22(20)32-3)23(28)27-26-14-15-4-10-19(11-5-15)33-24(29)16-6-8-18(25)9-7-16/h4-14H,1-3H3,(H,27,28)/b26-14+. The number of esters is 1. The summed E-state index contributed by atoms with van der Waals surface area (Å²) in [6.45, 7) is 0. The number of benzene rings is 3. The third-order valence-electron chi connectivity index (χ3n) is 4.48. The van der Waals surface area contributed by atoms with E-state index in [9.17, 15) is 9.59 Å². The van der Waals surface area contributed by atoms with E-state index >= 15 is 0 Å². The molecule has 0 bridgehead atoms. The van der Waals surface area contributed by atoms with Crippen molar-refractivity contribution in [3.05, 3.63) is 82.4 Å². The van der Waals surface area contributed by atoms with Gasteiger partial charge in [0, 0.05) is 10.6 Å². The first-order valence-electron chi connectivity index (χ1n) is 9.66. The molecule has 0 saturated heterocycles. The number of nitrogens with one attached hydrogen (secondary N) is 1. The summed E-state index contributed by atoms with van der Waals surface area (Å²) >= 11 is 5.82. The van der Waals surface area contributed by atoms with Crippen LogP contribution < -0.4 is 24.4 Å². The lowest BCUT2D eigenvalue weighted by atomic mass is 10.1. The lowest BCUT2D eigenvalue weighted by Gasteiger charge is -2.13. The first-order chi connectivity index (χ1) is 15.9. The third kappa shape index (κ3) is 6.02. The fourth-order valence-corrected chi connectivity index (χ4v) is 2.94. The van der Waals surface area contributed by atoms with Gasteiger partial charge in [-0.15, -0.1) is 0 Å². The van der Waals surface area contributed by atoms with Gasteiger partial charge in [-0.3, -0.25) is 4.79 Å². The third-order valence-corrected chi connectivity index (χ3v) is 4.73. The van der Waals surface area contributed by atoms with Crippen molar-refractivity contribution in [1.29, 1.82) is 0 Å². The number of ether oxygens (including phenoxy) is 4. The van der Waals surface area contributed by atoms with Gasteiger partial charge in [0.05, 0.1) is 33.1 Å². The molecular formula is C24H21ClN2O6. The molecule has 0 spiro atoms. The number of halogens is 1. The van der Waals surface area contributed by atoms with Crippen molar-refractivity contribution >= 4 is 29.7 Å². The van der Waals surface area contributed by atoms with Gasteiger partial charge in [-0.1, -0.05) is 11.6 Å². The van der Waals surface area contributed by atoms with Crippen LogP contribution in [-0.4, -0.2) is 39.4 Å². The van der Waals surface area contributed by atoms with Crippen LogP contribution in [0.5, 0.6) is 23.0 Å². The Morgan fingerprint density at radius 1 is 0.848 bits per heavy atom. The Balaban J connectivity index is 1.62. The van der Waals surface area contributed by atoms with E-state index in [0.29, 0.717) is 39.1 Å². The van der Waals surface area contributed by atoms with Crippen LogP contribution in [0.4, 0.5) is 0 Å². The highest BCUT2D eigenvalue weighted by Crippen LogP contribution is 2.38. The summed E-state index contributed by atoms with van der Waals surface area (Å²) < 4.78 is 21.1. The van der Waals surface area contributed by atoms with Crippen LogP contribution in [0.1, 0.15) is 26.3 Å². The van der Waals surface area contributed by atoms with E-state index < -0.39 is 11.9 Å². The summed E-state index contributed by atoms with van der Waals surface area (Å²) in [6, 6.07) is 16.1. The molecule has 0 aliphatic rings. The maximum Gasteiger partial charge on any atom is 0.343 e. The summed E-state index contributed by atoms with van der Waals surface area (Å²) in [7, 11) is 4.41. The topological polar surface area (TPSA) is 95.5 Å². The molecule has 0 aliphatic heterocycles. The summed E-state index contributed by atoms with van der Waals surface area (Å²) in [5.74, 6) is 0.514. The molecule has 0 unspecified atom stereocenters. The Bertz CT molecular complexity index is 1140. The SMILES string of the molecule is COc1cc(C(=O)N/N=C/c2ccc(OC(=O)c3ccc(Cl)cc3)cc2)cc(OC)c1OC. The van der Waals surface area contributed by atoms with Crippen LogP contribution in [-0.2, 0) is 0 Å². The molecule has 3 aromatic carbocycles. The van der Waals surface area contributed by atoms with Crippen LogP contribution in [0.2, 0.25) is 5.02 Å². The van der Waals surface area contributed by atoms with Crippen molar-refractivity contribution in [3.8, 4) is 23.0 Å². The summed E-state index contributed by atoms with van der Waals surface area (Å²) in [6.07, 6.45) is 1.46. The van der Waals surface area contributed by atoms with Crippen LogP contribution >= 0.6 is 11.6 Å². The number of hydrogen-bond donors (Lipinski definition) is 1. The molecule has 0 heterocycles. The van der Waals surface area contributed by atoms with E-state index in [1.54, 1.807) is 48.5 Å². The number of carbonyl (C=O) groups is 2. The van der Waals surface area contributed by atoms with Gasteiger partial charge in [0.15, 0.2) is 11.5 Å². The van der Waals surface area contributed by atoms with Crippen LogP contribution in [0.25, 0.3) is 0 Å². The highest BCUT2D eigenvalue weighted by molar-refractivity contribution is 6.30. The predicted molar refractivity (Wildman–Crippen MR) is 124 cm³/mol. The molecule has 0 aliphatic carbocycles. The average Bonchev–Trinajstić information content (AvgIpc) is 2.84. The van der Waals surface area contributed by atoms with Gasteiger partial charge >= 0.3 is 5.97 Å². The molecule has 0 saturated carbocycles. The number of rotatable bonds is 8. The van der Waals surface area contributed by atoms with Crippen molar-refractivity contribution in [2.24, 2.45) is 5.10 Å². The lowest BCUT2D eigenvalue weighted by Crippen LogP contribution is -2.18. The number of methoxy groups -OCH3 is 3. The maximum absolute atomic E-state index is 12.5. The zero-order valence-electron chi connectivity index (χ0n) is 18.1. The molecule has 8 nitrogen and oxygen atoms in total. The smallest absolute Gasteiger partial charge is 0.343 e. The first-order valence-corrected chi connectivity index (χ1v) is 10.0. The maximum atomic E-state index is 12.5. The quantitative estimate of drug-likeness (QED) is 0.228. The van der Waals surface area contributed by atoms with Crippen molar-refractivity contribution < 1.29 is 28.5 Å². The van der Waals surface area contributed by atoms with E-state index in [1.165, 1.54) is 39.7 Å². The number of hydrazone groups is 1. The summed E-state index contributed by atoms with van der Waals surface area (Å²) in [5.41, 5.74) is 3.80. The summed E-state index contributed by atoms with van der Waals surface area (Å²) in [4.78, 5) is 24.6. The number of amides is 1. The Morgan fingerprint density at radius 3 is 2.00 bits per heavy atom. The fraction of sp³-hybridized carbons (Fsp3) is 0.125. The highest BCUT2D eigenvalue weighted by atomic mass is 35.5. The van der Waals surface area contributed by atoms with Gasteiger partial charge < -0.3 is 18.9 Å². The minimum absolute atomic E-state index is 0.283. The monoisotopic (exact) mass is 468 g/mol. The second-order valence-corrected chi connectivity index (χ2v) is 7.02. The highest BCUT2D eigenvalue weighted by Gasteiger charge is 2.16. The minimum atomic E-state index is -0.495. The van der Waals surface area contributed by atoms with Gasteiger partial charge in [-0.2, -0.15) is 5.10 Å².